The Bertz CT molecular complexity index is 726. The molecule has 0 saturated heterocycles. The van der Waals surface area contributed by atoms with Gasteiger partial charge in [-0.3, -0.25) is 0 Å². The summed E-state index contributed by atoms with van der Waals surface area (Å²) in [7, 11) is -7.19. The van der Waals surface area contributed by atoms with E-state index in [1.807, 2.05) is 6.07 Å². The zero-order valence-electron chi connectivity index (χ0n) is 11.2. The molecule has 2 N–H and O–H groups in total. The molecule has 112 valence electrons. The lowest BCUT2D eigenvalue weighted by atomic mass is 10.1. The number of hydrogen-bond acceptors (Lipinski definition) is 6. The molecule has 0 atom stereocenters. The van der Waals surface area contributed by atoms with Crippen LogP contribution in [0.2, 0.25) is 0 Å². The van der Waals surface area contributed by atoms with Gasteiger partial charge >= 0.3 is 0 Å². The lowest BCUT2D eigenvalue weighted by Gasteiger charge is -2.24. The number of sulfonamides is 2. The first-order valence-corrected chi connectivity index (χ1v) is 9.63. The number of nitriles is 1. The van der Waals surface area contributed by atoms with Crippen LogP contribution in [0.25, 0.3) is 0 Å². The molecule has 0 amide bonds. The van der Waals surface area contributed by atoms with Crippen molar-refractivity contribution in [2.24, 2.45) is 0 Å². The van der Waals surface area contributed by atoms with E-state index in [9.17, 15) is 16.8 Å². The molecule has 0 spiro atoms. The van der Waals surface area contributed by atoms with Crippen molar-refractivity contribution in [1.29, 1.82) is 5.26 Å². The van der Waals surface area contributed by atoms with Crippen LogP contribution in [0, 0.1) is 11.3 Å². The summed E-state index contributed by atoms with van der Waals surface area (Å²) in [6.07, 6.45) is 1.00. The molecule has 1 heterocycles. The second-order valence-electron chi connectivity index (χ2n) is 4.81. The van der Waals surface area contributed by atoms with Crippen molar-refractivity contribution in [2.75, 3.05) is 12.8 Å². The standard InChI is InChI=1S/C10H15N3O4S3/c1-10(2,13-19(3,14)15)7-12-20(16,17)9-5-4-8(6-11)18-9/h4-5,12-13H,7H2,1-3H3. The van der Waals surface area contributed by atoms with Gasteiger partial charge in [0.15, 0.2) is 0 Å². The minimum atomic E-state index is -3.76. The summed E-state index contributed by atoms with van der Waals surface area (Å²) in [5.41, 5.74) is -0.962. The van der Waals surface area contributed by atoms with Crippen LogP contribution in [0.15, 0.2) is 16.3 Å². The van der Waals surface area contributed by atoms with Gasteiger partial charge in [0.2, 0.25) is 20.0 Å². The summed E-state index contributed by atoms with van der Waals surface area (Å²) in [4.78, 5) is 0.291. The topological polar surface area (TPSA) is 116 Å². The van der Waals surface area contributed by atoms with E-state index in [2.05, 4.69) is 9.44 Å². The van der Waals surface area contributed by atoms with Crippen LogP contribution in [0.3, 0.4) is 0 Å². The van der Waals surface area contributed by atoms with Crippen molar-refractivity contribution in [2.45, 2.75) is 23.6 Å². The Morgan fingerprint density at radius 3 is 2.35 bits per heavy atom. The number of thiophene rings is 1. The Morgan fingerprint density at radius 1 is 1.30 bits per heavy atom. The molecule has 0 aliphatic carbocycles. The smallest absolute Gasteiger partial charge is 0.213 e. The lowest BCUT2D eigenvalue weighted by Crippen LogP contribution is -2.50. The van der Waals surface area contributed by atoms with Crippen LogP contribution in [-0.2, 0) is 20.0 Å². The molecule has 0 aromatic carbocycles. The van der Waals surface area contributed by atoms with E-state index in [1.165, 1.54) is 12.1 Å². The quantitative estimate of drug-likeness (QED) is 0.770. The maximum atomic E-state index is 12.0. The zero-order valence-corrected chi connectivity index (χ0v) is 13.6. The van der Waals surface area contributed by atoms with Gasteiger partial charge in [-0.05, 0) is 26.0 Å². The van der Waals surface area contributed by atoms with Gasteiger partial charge in [0, 0.05) is 12.1 Å². The number of rotatable bonds is 6. The summed E-state index contributed by atoms with van der Waals surface area (Å²) < 4.78 is 51.0. The molecule has 10 heteroatoms. The van der Waals surface area contributed by atoms with Gasteiger partial charge in [0.05, 0.1) is 6.26 Å². The summed E-state index contributed by atoms with van der Waals surface area (Å²) in [6, 6.07) is 4.61. The van der Waals surface area contributed by atoms with Crippen LogP contribution in [0.5, 0.6) is 0 Å². The van der Waals surface area contributed by atoms with Crippen LogP contribution >= 0.6 is 11.3 Å². The predicted molar refractivity (Wildman–Crippen MR) is 76.3 cm³/mol. The second kappa shape index (κ2) is 5.79. The number of nitrogens with one attached hydrogen (secondary N) is 2. The van der Waals surface area contributed by atoms with Crippen molar-refractivity contribution in [1.82, 2.24) is 9.44 Å². The molecule has 1 rings (SSSR count). The number of nitrogens with zero attached hydrogens (tertiary/aromatic N) is 1. The molecular formula is C10H15N3O4S3. The first-order valence-electron chi connectivity index (χ1n) is 5.44. The third kappa shape index (κ3) is 5.18. The van der Waals surface area contributed by atoms with Gasteiger partial charge in [0.1, 0.15) is 15.2 Å². The van der Waals surface area contributed by atoms with Crippen molar-refractivity contribution < 1.29 is 16.8 Å². The van der Waals surface area contributed by atoms with E-state index in [-0.39, 0.29) is 10.8 Å². The summed E-state index contributed by atoms with van der Waals surface area (Å²) in [6.45, 7) is 3.01. The molecule has 0 fully saturated rings. The summed E-state index contributed by atoms with van der Waals surface area (Å²) in [5.74, 6) is 0. The Labute approximate surface area is 122 Å². The van der Waals surface area contributed by atoms with Gasteiger partial charge in [-0.15, -0.1) is 11.3 Å². The van der Waals surface area contributed by atoms with Gasteiger partial charge in [-0.25, -0.2) is 26.3 Å². The van der Waals surface area contributed by atoms with Gasteiger partial charge in [0.25, 0.3) is 0 Å². The highest BCUT2D eigenvalue weighted by Crippen LogP contribution is 2.20. The van der Waals surface area contributed by atoms with Gasteiger partial charge < -0.3 is 0 Å². The zero-order chi connectivity index (χ0) is 15.6. The van der Waals surface area contributed by atoms with E-state index in [0.29, 0.717) is 4.88 Å². The molecule has 0 aliphatic rings. The fraction of sp³-hybridized carbons (Fsp3) is 0.500. The highest BCUT2D eigenvalue weighted by atomic mass is 32.2. The minimum Gasteiger partial charge on any atom is -0.213 e. The third-order valence-electron chi connectivity index (χ3n) is 2.12. The minimum absolute atomic E-state index is 0.0178. The third-order valence-corrected chi connectivity index (χ3v) is 5.93. The lowest BCUT2D eigenvalue weighted by molar-refractivity contribution is 0.446. The monoisotopic (exact) mass is 337 g/mol. The van der Waals surface area contributed by atoms with Crippen LogP contribution in [-0.4, -0.2) is 35.2 Å². The van der Waals surface area contributed by atoms with Crippen molar-refractivity contribution >= 4 is 31.4 Å². The Balaban J connectivity index is 2.81. The van der Waals surface area contributed by atoms with E-state index < -0.39 is 25.6 Å². The normalized spacial score (nSPS) is 13.1. The van der Waals surface area contributed by atoms with Crippen LogP contribution in [0.1, 0.15) is 18.7 Å². The average Bonchev–Trinajstić information content (AvgIpc) is 2.72. The van der Waals surface area contributed by atoms with E-state index in [4.69, 9.17) is 5.26 Å². The van der Waals surface area contributed by atoms with Gasteiger partial charge in [-0.2, -0.15) is 5.26 Å². The highest BCUT2D eigenvalue weighted by Gasteiger charge is 2.26. The van der Waals surface area contributed by atoms with E-state index in [0.717, 1.165) is 17.6 Å². The van der Waals surface area contributed by atoms with Crippen molar-refractivity contribution in [3.8, 4) is 6.07 Å². The molecule has 0 unspecified atom stereocenters. The average molecular weight is 337 g/mol. The van der Waals surface area contributed by atoms with Crippen molar-refractivity contribution in [3.05, 3.63) is 17.0 Å². The molecule has 1 aromatic rings. The largest absolute Gasteiger partial charge is 0.250 e. The fourth-order valence-electron chi connectivity index (χ4n) is 1.41. The summed E-state index contributed by atoms with van der Waals surface area (Å²) >= 11 is 0.853. The van der Waals surface area contributed by atoms with Crippen LogP contribution in [0.4, 0.5) is 0 Å². The Hall–Kier alpha value is -0.990. The Morgan fingerprint density at radius 2 is 1.90 bits per heavy atom. The maximum absolute atomic E-state index is 12.0. The highest BCUT2D eigenvalue weighted by molar-refractivity contribution is 7.91. The molecule has 1 aromatic heterocycles. The fourth-order valence-corrected chi connectivity index (χ4v) is 4.84. The van der Waals surface area contributed by atoms with Crippen LogP contribution < -0.4 is 9.44 Å². The van der Waals surface area contributed by atoms with Gasteiger partial charge in [-0.1, -0.05) is 0 Å². The van der Waals surface area contributed by atoms with Crippen molar-refractivity contribution in [3.63, 3.8) is 0 Å². The number of hydrogen-bond donors (Lipinski definition) is 2. The second-order valence-corrected chi connectivity index (χ2v) is 9.64. The molecule has 0 saturated carbocycles. The maximum Gasteiger partial charge on any atom is 0.250 e. The molecule has 0 bridgehead atoms. The molecule has 0 radical (unpaired) electrons. The molecule has 7 nitrogen and oxygen atoms in total. The SMILES string of the molecule is CC(C)(CNS(=O)(=O)c1ccc(C#N)s1)NS(C)(=O)=O. The van der Waals surface area contributed by atoms with E-state index >= 15 is 0 Å². The Kier molecular flexibility index (Phi) is 4.94. The first kappa shape index (κ1) is 17.1. The summed E-state index contributed by atoms with van der Waals surface area (Å²) in [5, 5.41) is 8.67. The molecule has 20 heavy (non-hydrogen) atoms. The molecular weight excluding hydrogens is 322 g/mol. The molecule has 0 aliphatic heterocycles. The predicted octanol–water partition coefficient (Wildman–Crippen LogP) is 0.226. The van der Waals surface area contributed by atoms with E-state index in [1.54, 1.807) is 13.8 Å². The first-order chi connectivity index (χ1) is 8.95.